The van der Waals surface area contributed by atoms with Crippen molar-refractivity contribution in [3.63, 3.8) is 0 Å². The molecule has 1 amide bonds. The zero-order valence-corrected chi connectivity index (χ0v) is 23.0. The molecule has 0 bridgehead atoms. The Bertz CT molecular complexity index is 1420. The normalized spacial score (nSPS) is 13.0. The summed E-state index contributed by atoms with van der Waals surface area (Å²) in [6.45, 7) is 7.06. The summed E-state index contributed by atoms with van der Waals surface area (Å²) in [5.41, 5.74) is 0.280. The fourth-order valence-electron chi connectivity index (χ4n) is 4.02. The molecule has 1 aromatic heterocycles. The minimum atomic E-state index is -4.06. The third kappa shape index (κ3) is 6.96. The molecule has 1 unspecified atom stereocenters. The molecule has 0 aliphatic rings. The molecular formula is C28H33N3O6S. The topological polar surface area (TPSA) is 115 Å². The number of carbonyl (C=O) groups excluding carboxylic acids is 2. The van der Waals surface area contributed by atoms with Crippen molar-refractivity contribution in [2.45, 2.75) is 50.7 Å². The van der Waals surface area contributed by atoms with Gasteiger partial charge in [0, 0.05) is 35.9 Å². The number of amides is 1. The number of nitrogens with zero attached hydrogens (tertiary/aromatic N) is 2. The van der Waals surface area contributed by atoms with E-state index in [2.05, 4.69) is 10.3 Å². The van der Waals surface area contributed by atoms with Crippen LogP contribution < -0.4 is 5.32 Å². The number of hydrogen-bond acceptors (Lipinski definition) is 7. The van der Waals surface area contributed by atoms with Gasteiger partial charge in [0.25, 0.3) is 0 Å². The van der Waals surface area contributed by atoms with E-state index in [-0.39, 0.29) is 11.4 Å². The quantitative estimate of drug-likeness (QED) is 0.372. The van der Waals surface area contributed by atoms with Crippen LogP contribution in [0.3, 0.4) is 0 Å². The Morgan fingerprint density at radius 2 is 1.87 bits per heavy atom. The monoisotopic (exact) mass is 539 g/mol. The van der Waals surface area contributed by atoms with Crippen LogP contribution in [0.15, 0.2) is 78.1 Å². The Hall–Kier alpha value is -3.76. The number of hydrogen-bond donors (Lipinski definition) is 1. The van der Waals surface area contributed by atoms with Gasteiger partial charge in [0.2, 0.25) is 10.0 Å². The molecule has 202 valence electrons. The van der Waals surface area contributed by atoms with Gasteiger partial charge >= 0.3 is 12.1 Å². The second-order valence-corrected chi connectivity index (χ2v) is 11.4. The zero-order chi connectivity index (χ0) is 27.9. The summed E-state index contributed by atoms with van der Waals surface area (Å²) in [6, 6.07) is 12.8. The van der Waals surface area contributed by atoms with Gasteiger partial charge in [0.1, 0.15) is 5.60 Å². The lowest BCUT2D eigenvalue weighted by atomic mass is 10.0. The van der Waals surface area contributed by atoms with E-state index in [4.69, 9.17) is 9.47 Å². The van der Waals surface area contributed by atoms with Gasteiger partial charge in [-0.3, -0.25) is 10.3 Å². The third-order valence-electron chi connectivity index (χ3n) is 5.66. The molecule has 1 N–H and O–H groups in total. The molecule has 0 aliphatic carbocycles. The average Bonchev–Trinajstić information content (AvgIpc) is 2.88. The van der Waals surface area contributed by atoms with E-state index in [0.29, 0.717) is 28.3 Å². The molecule has 1 atom stereocenters. The largest absolute Gasteiger partial charge is 0.465 e. The Balaban J connectivity index is 2.04. The molecule has 38 heavy (non-hydrogen) atoms. The van der Waals surface area contributed by atoms with Crippen molar-refractivity contribution in [1.82, 2.24) is 14.6 Å². The fourth-order valence-corrected chi connectivity index (χ4v) is 5.88. The first-order valence-electron chi connectivity index (χ1n) is 12.2. The van der Waals surface area contributed by atoms with Crippen LogP contribution in [0, 0.1) is 0 Å². The third-order valence-corrected chi connectivity index (χ3v) is 7.59. The predicted octanol–water partition coefficient (Wildman–Crippen LogP) is 5.20. The second kappa shape index (κ2) is 12.2. The van der Waals surface area contributed by atoms with Crippen molar-refractivity contribution in [2.75, 3.05) is 13.7 Å². The number of esters is 1. The molecule has 3 aromatic rings. The van der Waals surface area contributed by atoms with Gasteiger partial charge in [-0.15, -0.1) is 0 Å². The lowest BCUT2D eigenvalue weighted by Crippen LogP contribution is -2.35. The van der Waals surface area contributed by atoms with Crippen LogP contribution >= 0.6 is 0 Å². The van der Waals surface area contributed by atoms with E-state index in [0.717, 1.165) is 0 Å². The summed E-state index contributed by atoms with van der Waals surface area (Å²) in [5.74, 6) is -0.515. The maximum absolute atomic E-state index is 14.2. The Morgan fingerprint density at radius 1 is 1.13 bits per heavy atom. The molecule has 10 heteroatoms. The van der Waals surface area contributed by atoms with E-state index >= 15 is 0 Å². The first kappa shape index (κ1) is 28.8. The van der Waals surface area contributed by atoms with E-state index in [1.165, 1.54) is 17.6 Å². The second-order valence-electron chi connectivity index (χ2n) is 9.52. The highest BCUT2D eigenvalue weighted by Gasteiger charge is 2.32. The smallest absolute Gasteiger partial charge is 0.411 e. The van der Waals surface area contributed by atoms with E-state index < -0.39 is 33.7 Å². The number of fused-ring (bicyclic) bond motifs is 1. The Labute approximate surface area is 223 Å². The Morgan fingerprint density at radius 3 is 2.55 bits per heavy atom. The number of sulfonamides is 1. The summed E-state index contributed by atoms with van der Waals surface area (Å²) >= 11 is 0. The average molecular weight is 540 g/mol. The molecule has 9 nitrogen and oxygen atoms in total. The highest BCUT2D eigenvalue weighted by molar-refractivity contribution is 7.89. The minimum absolute atomic E-state index is 0.0550. The van der Waals surface area contributed by atoms with Gasteiger partial charge in [-0.1, -0.05) is 37.3 Å². The van der Waals surface area contributed by atoms with E-state index in [1.807, 2.05) is 6.92 Å². The van der Waals surface area contributed by atoms with Crippen LogP contribution in [0.2, 0.25) is 0 Å². The fraction of sp³-hybridized carbons (Fsp3) is 0.321. The molecule has 0 saturated heterocycles. The highest BCUT2D eigenvalue weighted by atomic mass is 32.2. The van der Waals surface area contributed by atoms with Crippen molar-refractivity contribution in [2.24, 2.45) is 0 Å². The van der Waals surface area contributed by atoms with Crippen LogP contribution in [-0.4, -0.2) is 49.0 Å². The van der Waals surface area contributed by atoms with Crippen LogP contribution in [-0.2, 0) is 19.5 Å². The number of alkyl carbamates (subject to hydrolysis) is 1. The summed E-state index contributed by atoms with van der Waals surface area (Å²) in [7, 11) is -2.77. The van der Waals surface area contributed by atoms with Gasteiger partial charge in [-0.25, -0.2) is 18.0 Å². The first-order valence-corrected chi connectivity index (χ1v) is 13.6. The summed E-state index contributed by atoms with van der Waals surface area (Å²) in [6.07, 6.45) is 5.84. The van der Waals surface area contributed by atoms with Crippen molar-refractivity contribution in [1.29, 1.82) is 0 Å². The van der Waals surface area contributed by atoms with Crippen LogP contribution in [0.4, 0.5) is 4.79 Å². The number of methoxy groups -OCH3 is 1. The standard InChI is InChI=1S/C28H33N3O6S/c1-6-24(20-10-7-11-21(18-20)26(32)36-5)31(17-9-15-30-27(33)37-28(2,3)4)38(34,35)25-13-8-12-22-19-29-16-14-23(22)25/h7-16,18-19,24H,6,17H2,1-5H3,(H,30,33). The first-order chi connectivity index (χ1) is 18.0. The van der Waals surface area contributed by atoms with Crippen LogP contribution in [0.5, 0.6) is 0 Å². The molecule has 0 saturated carbocycles. The molecular weight excluding hydrogens is 506 g/mol. The number of benzene rings is 2. The molecule has 1 heterocycles. The van der Waals surface area contributed by atoms with Crippen LogP contribution in [0.1, 0.15) is 56.1 Å². The highest BCUT2D eigenvalue weighted by Crippen LogP contribution is 2.33. The van der Waals surface area contributed by atoms with Gasteiger partial charge in [0.05, 0.1) is 23.6 Å². The number of nitrogens with one attached hydrogen (secondary N) is 1. The lowest BCUT2D eigenvalue weighted by Gasteiger charge is -2.30. The molecule has 0 fully saturated rings. The molecule has 0 aliphatic heterocycles. The van der Waals surface area contributed by atoms with E-state index in [1.54, 1.807) is 87.8 Å². The van der Waals surface area contributed by atoms with Crippen molar-refractivity contribution in [3.05, 3.63) is 84.3 Å². The van der Waals surface area contributed by atoms with Crippen molar-refractivity contribution < 1.29 is 27.5 Å². The molecule has 0 radical (unpaired) electrons. The molecule has 2 aromatic carbocycles. The van der Waals surface area contributed by atoms with Gasteiger partial charge in [-0.05, 0) is 57.0 Å². The van der Waals surface area contributed by atoms with Gasteiger partial charge in [0.15, 0.2) is 0 Å². The SMILES string of the molecule is CCC(c1cccc(C(=O)OC)c1)N(CC=CNC(=O)OC(C)(C)C)S(=O)(=O)c1cccc2cnccc12. The minimum Gasteiger partial charge on any atom is -0.465 e. The number of aromatic nitrogens is 1. The van der Waals surface area contributed by atoms with Crippen LogP contribution in [0.25, 0.3) is 10.8 Å². The van der Waals surface area contributed by atoms with Gasteiger partial charge in [-0.2, -0.15) is 4.31 Å². The predicted molar refractivity (Wildman–Crippen MR) is 145 cm³/mol. The Kier molecular flexibility index (Phi) is 9.24. The summed E-state index contributed by atoms with van der Waals surface area (Å²) in [4.78, 5) is 28.4. The molecule has 3 rings (SSSR count). The molecule has 0 spiro atoms. The maximum atomic E-state index is 14.2. The number of carbonyl (C=O) groups is 2. The number of ether oxygens (including phenoxy) is 2. The van der Waals surface area contributed by atoms with E-state index in [9.17, 15) is 18.0 Å². The number of pyridine rings is 1. The van der Waals surface area contributed by atoms with Crippen molar-refractivity contribution >= 4 is 32.9 Å². The maximum Gasteiger partial charge on any atom is 0.411 e. The number of rotatable bonds is 9. The summed E-state index contributed by atoms with van der Waals surface area (Å²) < 4.78 is 39.8. The van der Waals surface area contributed by atoms with Crippen molar-refractivity contribution in [3.8, 4) is 0 Å². The van der Waals surface area contributed by atoms with Gasteiger partial charge < -0.3 is 9.47 Å². The summed E-state index contributed by atoms with van der Waals surface area (Å²) in [5, 5.41) is 3.75. The lowest BCUT2D eigenvalue weighted by molar-refractivity contribution is 0.0550. The zero-order valence-electron chi connectivity index (χ0n) is 22.2.